The highest BCUT2D eigenvalue weighted by atomic mass is 16.7. The van der Waals surface area contributed by atoms with E-state index in [1.165, 1.54) is 6.92 Å². The van der Waals surface area contributed by atoms with Crippen LogP contribution >= 0.6 is 0 Å². The van der Waals surface area contributed by atoms with Crippen LogP contribution < -0.4 is 4.74 Å². The van der Waals surface area contributed by atoms with Crippen LogP contribution in [-0.4, -0.2) is 70.0 Å². The summed E-state index contributed by atoms with van der Waals surface area (Å²) in [7, 11) is 0. The van der Waals surface area contributed by atoms with Crippen LogP contribution in [0, 0.1) is 17.3 Å². The summed E-state index contributed by atoms with van der Waals surface area (Å²) >= 11 is 0. The van der Waals surface area contributed by atoms with Gasteiger partial charge in [-0.1, -0.05) is 39.8 Å². The molecule has 0 saturated carbocycles. The third-order valence-corrected chi connectivity index (χ3v) is 6.68. The summed E-state index contributed by atoms with van der Waals surface area (Å²) < 4.78 is 16.4. The summed E-state index contributed by atoms with van der Waals surface area (Å²) in [5, 5.41) is 29.6. The maximum Gasteiger partial charge on any atom is 0.410 e. The van der Waals surface area contributed by atoms with Crippen molar-refractivity contribution < 1.29 is 39.1 Å². The molecule has 1 aromatic rings. The van der Waals surface area contributed by atoms with Gasteiger partial charge in [0.15, 0.2) is 6.10 Å². The predicted octanol–water partition coefficient (Wildman–Crippen LogP) is 2.63. The molecule has 2 saturated heterocycles. The van der Waals surface area contributed by atoms with E-state index in [4.69, 9.17) is 14.2 Å². The van der Waals surface area contributed by atoms with Gasteiger partial charge < -0.3 is 34.4 Å². The Morgan fingerprint density at radius 1 is 1.09 bits per heavy atom. The highest BCUT2D eigenvalue weighted by Crippen LogP contribution is 2.34. The molecule has 1 amide bonds. The van der Waals surface area contributed by atoms with E-state index in [2.05, 4.69) is 20.8 Å². The molecule has 2 heterocycles. The van der Waals surface area contributed by atoms with Crippen molar-refractivity contribution in [2.24, 2.45) is 17.3 Å². The molecule has 1 unspecified atom stereocenters. The lowest BCUT2D eigenvalue weighted by Crippen LogP contribution is -2.57. The van der Waals surface area contributed by atoms with Crippen molar-refractivity contribution in [3.05, 3.63) is 29.8 Å². The summed E-state index contributed by atoms with van der Waals surface area (Å²) in [5.41, 5.74) is 0.992. The maximum atomic E-state index is 12.4. The Morgan fingerprint density at radius 2 is 1.70 bits per heavy atom. The number of carboxylic acids is 1. The van der Waals surface area contributed by atoms with Crippen molar-refractivity contribution >= 4 is 12.1 Å². The van der Waals surface area contributed by atoms with Gasteiger partial charge >= 0.3 is 12.1 Å². The summed E-state index contributed by atoms with van der Waals surface area (Å²) in [6, 6.07) is 6.62. The van der Waals surface area contributed by atoms with Crippen LogP contribution in [0.15, 0.2) is 24.3 Å². The summed E-state index contributed by atoms with van der Waals surface area (Å²) in [6.07, 6.45) is -3.69. The molecule has 2 aliphatic heterocycles. The molecule has 0 aliphatic carbocycles. The van der Waals surface area contributed by atoms with E-state index in [0.717, 1.165) is 18.4 Å². The molecule has 0 aromatic heterocycles. The van der Waals surface area contributed by atoms with Crippen molar-refractivity contribution in [3.63, 3.8) is 0 Å². The van der Waals surface area contributed by atoms with Crippen LogP contribution in [0.4, 0.5) is 4.79 Å². The average molecular weight is 466 g/mol. The largest absolute Gasteiger partial charge is 0.479 e. The number of aliphatic hydroxyl groups is 2. The molecule has 9 heteroatoms. The third-order valence-electron chi connectivity index (χ3n) is 6.68. The van der Waals surface area contributed by atoms with E-state index in [0.29, 0.717) is 24.8 Å². The van der Waals surface area contributed by atoms with Gasteiger partial charge in [0.1, 0.15) is 18.5 Å². The Hall–Kier alpha value is -2.36. The highest BCUT2D eigenvalue weighted by molar-refractivity contribution is 5.73. The topological polar surface area (TPSA) is 126 Å². The average Bonchev–Trinajstić information content (AvgIpc) is 2.78. The quantitative estimate of drug-likeness (QED) is 0.606. The van der Waals surface area contributed by atoms with Crippen LogP contribution in [0.3, 0.4) is 0 Å². The Bertz CT molecular complexity index is 813. The molecule has 0 bridgehead atoms. The van der Waals surface area contributed by atoms with Gasteiger partial charge in [0.2, 0.25) is 6.29 Å². The highest BCUT2D eigenvalue weighted by Gasteiger charge is 2.46. The SMILES string of the molecule is C[C@H]1[C@H](O)[C@@H](O)C(Oc2ccc(COC(=O)N3CCC(C(C)(C)C)CC3)cc2)O[C@@H]1C(=O)O. The third kappa shape index (κ3) is 6.16. The number of aliphatic hydroxyl groups excluding tert-OH is 2. The van der Waals surface area contributed by atoms with Crippen molar-refractivity contribution in [1.82, 2.24) is 4.90 Å². The Kier molecular flexibility index (Phi) is 7.87. The number of nitrogens with zero attached hydrogens (tertiary/aromatic N) is 1. The lowest BCUT2D eigenvalue weighted by atomic mass is 9.75. The van der Waals surface area contributed by atoms with Gasteiger partial charge in [0.05, 0.1) is 6.10 Å². The number of carbonyl (C=O) groups excluding carboxylic acids is 1. The van der Waals surface area contributed by atoms with Gasteiger partial charge in [0.25, 0.3) is 0 Å². The normalized spacial score (nSPS) is 28.9. The van der Waals surface area contributed by atoms with Crippen LogP contribution in [0.25, 0.3) is 0 Å². The molecule has 1 aromatic carbocycles. The van der Waals surface area contributed by atoms with Crippen LogP contribution in [0.1, 0.15) is 46.1 Å². The standard InChI is InChI=1S/C24H35NO8/c1-14-18(26)19(27)22(33-20(14)21(28)29)32-17-7-5-15(6-8-17)13-31-23(30)25-11-9-16(10-12-25)24(2,3)4/h5-8,14,16,18-20,22,26-27H,9-13H2,1-4H3,(H,28,29)/t14-,18-,19+,20-,22?/m0/s1. The predicted molar refractivity (Wildman–Crippen MR) is 118 cm³/mol. The second kappa shape index (κ2) is 10.3. The minimum atomic E-state index is -1.39. The van der Waals surface area contributed by atoms with Gasteiger partial charge in [-0.3, -0.25) is 0 Å². The molecule has 3 N–H and O–H groups in total. The number of carboxylic acid groups (broad SMARTS) is 1. The lowest BCUT2D eigenvalue weighted by Gasteiger charge is -2.39. The number of aliphatic carboxylic acids is 1. The number of benzene rings is 1. The van der Waals surface area contributed by atoms with Gasteiger partial charge in [-0.15, -0.1) is 0 Å². The smallest absolute Gasteiger partial charge is 0.410 e. The van der Waals surface area contributed by atoms with E-state index < -0.39 is 36.5 Å². The van der Waals surface area contributed by atoms with E-state index in [1.54, 1.807) is 29.2 Å². The maximum absolute atomic E-state index is 12.4. The second-order valence-electron chi connectivity index (χ2n) is 10.0. The number of hydrogen-bond acceptors (Lipinski definition) is 7. The van der Waals surface area contributed by atoms with Gasteiger partial charge in [0, 0.05) is 19.0 Å². The molecule has 0 spiro atoms. The molecule has 0 radical (unpaired) electrons. The van der Waals surface area contributed by atoms with Gasteiger partial charge in [-0.25, -0.2) is 9.59 Å². The van der Waals surface area contributed by atoms with Crippen molar-refractivity contribution in [1.29, 1.82) is 0 Å². The summed E-state index contributed by atoms with van der Waals surface area (Å²) in [4.78, 5) is 25.5. The van der Waals surface area contributed by atoms with E-state index in [-0.39, 0.29) is 18.1 Å². The Balaban J connectivity index is 1.49. The van der Waals surface area contributed by atoms with Gasteiger partial charge in [-0.05, 0) is 41.9 Å². The Labute approximate surface area is 194 Å². The number of piperidine rings is 1. The number of ether oxygens (including phenoxy) is 3. The second-order valence-corrected chi connectivity index (χ2v) is 10.0. The fourth-order valence-electron chi connectivity index (χ4n) is 4.34. The zero-order chi connectivity index (χ0) is 24.3. The minimum Gasteiger partial charge on any atom is -0.479 e. The van der Waals surface area contributed by atoms with E-state index in [1.807, 2.05) is 0 Å². The van der Waals surface area contributed by atoms with Crippen LogP contribution in [0.5, 0.6) is 5.75 Å². The van der Waals surface area contributed by atoms with E-state index >= 15 is 0 Å². The Morgan fingerprint density at radius 3 is 2.24 bits per heavy atom. The fourth-order valence-corrected chi connectivity index (χ4v) is 4.34. The molecule has 2 fully saturated rings. The number of rotatable bonds is 5. The first-order chi connectivity index (χ1) is 15.5. The van der Waals surface area contributed by atoms with E-state index in [9.17, 15) is 24.9 Å². The monoisotopic (exact) mass is 465 g/mol. The van der Waals surface area contributed by atoms with Crippen LogP contribution in [-0.2, 0) is 20.9 Å². The lowest BCUT2D eigenvalue weighted by molar-refractivity contribution is -0.256. The molecule has 2 aliphatic rings. The van der Waals surface area contributed by atoms with Crippen LogP contribution in [0.2, 0.25) is 0 Å². The summed E-state index contributed by atoms with van der Waals surface area (Å²) in [5.74, 6) is -1.10. The molecule has 5 atom stereocenters. The molecule has 9 nitrogen and oxygen atoms in total. The zero-order valence-electron chi connectivity index (χ0n) is 19.6. The molecule has 3 rings (SSSR count). The first-order valence-corrected chi connectivity index (χ1v) is 11.4. The summed E-state index contributed by atoms with van der Waals surface area (Å²) in [6.45, 7) is 9.68. The minimum absolute atomic E-state index is 0.109. The number of hydrogen-bond donors (Lipinski definition) is 3. The zero-order valence-corrected chi connectivity index (χ0v) is 19.6. The first-order valence-electron chi connectivity index (χ1n) is 11.4. The van der Waals surface area contributed by atoms with Crippen molar-refractivity contribution in [2.75, 3.05) is 13.1 Å². The van der Waals surface area contributed by atoms with Gasteiger partial charge in [-0.2, -0.15) is 0 Å². The number of amides is 1. The first kappa shape index (κ1) is 25.3. The fraction of sp³-hybridized carbons (Fsp3) is 0.667. The molecule has 33 heavy (non-hydrogen) atoms. The number of carbonyl (C=O) groups is 2. The molecule has 184 valence electrons. The van der Waals surface area contributed by atoms with Crippen molar-refractivity contribution in [2.45, 2.75) is 71.7 Å². The number of likely N-dealkylation sites (tertiary alicyclic amines) is 1. The van der Waals surface area contributed by atoms with Crippen molar-refractivity contribution in [3.8, 4) is 5.75 Å². The molecular weight excluding hydrogens is 430 g/mol. The molecular formula is C24H35NO8.